The summed E-state index contributed by atoms with van der Waals surface area (Å²) in [5.74, 6) is -2.24. The molecule has 0 atom stereocenters. The first-order valence-corrected chi connectivity index (χ1v) is 9.60. The second-order valence-corrected chi connectivity index (χ2v) is 7.64. The van der Waals surface area contributed by atoms with Gasteiger partial charge < -0.3 is 9.84 Å². The van der Waals surface area contributed by atoms with Gasteiger partial charge in [0.1, 0.15) is 5.54 Å². The molecule has 2 aromatic rings. The van der Waals surface area contributed by atoms with Crippen molar-refractivity contribution in [2.45, 2.75) is 44.2 Å². The molecule has 0 aromatic heterocycles. The third kappa shape index (κ3) is 2.81. The predicted octanol–water partition coefficient (Wildman–Crippen LogP) is 5.08. The maximum atomic E-state index is 14.6. The summed E-state index contributed by atoms with van der Waals surface area (Å²) in [4.78, 5) is 14.3. The van der Waals surface area contributed by atoms with Crippen LogP contribution in [0.1, 0.15) is 31.2 Å². The molecule has 2 aromatic carbocycles. The second-order valence-electron chi connectivity index (χ2n) is 7.64. The normalized spacial score (nSPS) is 25.0. The molecule has 1 saturated carbocycles. The van der Waals surface area contributed by atoms with Gasteiger partial charge in [0, 0.05) is 12.8 Å². The van der Waals surface area contributed by atoms with Crippen molar-refractivity contribution in [2.75, 3.05) is 12.0 Å². The summed E-state index contributed by atoms with van der Waals surface area (Å²) in [7, 11) is 1.66. The molecule has 0 radical (unpaired) electrons. The summed E-state index contributed by atoms with van der Waals surface area (Å²) in [6.07, 6.45) is 2.32. The van der Waals surface area contributed by atoms with Crippen LogP contribution in [-0.2, 0) is 9.53 Å². The number of amides is 1. The Kier molecular flexibility index (Phi) is 4.71. The molecule has 0 bridgehead atoms. The Labute approximate surface area is 164 Å². The number of anilines is 1. The van der Waals surface area contributed by atoms with Crippen LogP contribution in [0.5, 0.6) is 0 Å². The van der Waals surface area contributed by atoms with E-state index in [0.29, 0.717) is 31.4 Å². The van der Waals surface area contributed by atoms with Gasteiger partial charge in [0.05, 0.1) is 6.10 Å². The zero-order valence-electron chi connectivity index (χ0n) is 16.1. The molecule has 1 amide bonds. The van der Waals surface area contributed by atoms with Crippen molar-refractivity contribution in [3.63, 3.8) is 0 Å². The summed E-state index contributed by atoms with van der Waals surface area (Å²) in [6, 6.07) is 15.7. The van der Waals surface area contributed by atoms with Crippen LogP contribution in [0.25, 0.3) is 11.1 Å². The first-order valence-electron chi connectivity index (χ1n) is 9.60. The van der Waals surface area contributed by atoms with Crippen molar-refractivity contribution in [1.29, 1.82) is 0 Å². The number of carbonyl (C=O) groups excluding carboxylic acids is 1. The van der Waals surface area contributed by atoms with Crippen molar-refractivity contribution >= 4 is 11.6 Å². The third-order valence-electron chi connectivity index (χ3n) is 6.12. The number of rotatable bonds is 3. The van der Waals surface area contributed by atoms with E-state index in [4.69, 9.17) is 4.74 Å². The molecule has 4 rings (SSSR count). The number of methoxy groups -OCH3 is 1. The molecule has 0 saturated heterocycles. The predicted molar refractivity (Wildman–Crippen MR) is 107 cm³/mol. The van der Waals surface area contributed by atoms with Crippen LogP contribution >= 0.6 is 0 Å². The van der Waals surface area contributed by atoms with E-state index < -0.39 is 23.0 Å². The van der Waals surface area contributed by atoms with Crippen molar-refractivity contribution in [3.8, 4) is 11.1 Å². The standard InChI is InChI=1S/C23H24FNO3/c1-15-8-9-17(16-6-4-3-5-7-16)14-19(15)25-22(27)20(24)21(26)23(25)12-10-18(28-2)11-13-23/h3-9,14,18,26H,10-13H2,1-2H3. The molecular formula is C23H24FNO3. The van der Waals surface area contributed by atoms with Gasteiger partial charge in [-0.2, -0.15) is 4.39 Å². The average molecular weight is 381 g/mol. The lowest BCUT2D eigenvalue weighted by atomic mass is 9.78. The molecule has 0 unspecified atom stereocenters. The van der Waals surface area contributed by atoms with E-state index >= 15 is 0 Å². The van der Waals surface area contributed by atoms with Crippen LogP contribution in [-0.4, -0.2) is 29.8 Å². The fraction of sp³-hybridized carbons (Fsp3) is 0.348. The van der Waals surface area contributed by atoms with Gasteiger partial charge >= 0.3 is 0 Å². The molecule has 146 valence electrons. The summed E-state index contributed by atoms with van der Waals surface area (Å²) >= 11 is 0. The van der Waals surface area contributed by atoms with Crippen molar-refractivity contribution in [3.05, 3.63) is 65.7 Å². The monoisotopic (exact) mass is 381 g/mol. The Morgan fingerprint density at radius 3 is 2.43 bits per heavy atom. The molecule has 1 heterocycles. The Morgan fingerprint density at radius 2 is 1.79 bits per heavy atom. The Bertz CT molecular complexity index is 930. The molecule has 1 spiro atoms. The first kappa shape index (κ1) is 18.7. The Balaban J connectivity index is 1.80. The fourth-order valence-electron chi connectivity index (χ4n) is 4.47. The third-order valence-corrected chi connectivity index (χ3v) is 6.12. The summed E-state index contributed by atoms with van der Waals surface area (Å²) in [5, 5.41) is 10.6. The maximum absolute atomic E-state index is 14.6. The summed E-state index contributed by atoms with van der Waals surface area (Å²) in [6.45, 7) is 1.90. The van der Waals surface area contributed by atoms with E-state index in [-0.39, 0.29) is 6.10 Å². The highest BCUT2D eigenvalue weighted by Crippen LogP contribution is 2.48. The van der Waals surface area contributed by atoms with Gasteiger partial charge in [0.2, 0.25) is 5.83 Å². The maximum Gasteiger partial charge on any atom is 0.291 e. The zero-order chi connectivity index (χ0) is 19.9. The minimum Gasteiger partial charge on any atom is -0.507 e. The van der Waals surface area contributed by atoms with Crippen LogP contribution in [0, 0.1) is 6.92 Å². The van der Waals surface area contributed by atoms with Gasteiger partial charge in [-0.1, -0.05) is 42.5 Å². The van der Waals surface area contributed by atoms with Crippen molar-refractivity contribution in [1.82, 2.24) is 0 Å². The molecule has 28 heavy (non-hydrogen) atoms. The first-order chi connectivity index (χ1) is 13.5. The van der Waals surface area contributed by atoms with Gasteiger partial charge in [-0.25, -0.2) is 0 Å². The lowest BCUT2D eigenvalue weighted by Gasteiger charge is -2.43. The fourth-order valence-corrected chi connectivity index (χ4v) is 4.47. The molecule has 1 aliphatic carbocycles. The number of aryl methyl sites for hydroxylation is 1. The number of aliphatic hydroxyl groups is 1. The summed E-state index contributed by atoms with van der Waals surface area (Å²) in [5.41, 5.74) is 2.44. The number of hydrogen-bond donors (Lipinski definition) is 1. The van der Waals surface area contributed by atoms with Gasteiger partial charge in [0.25, 0.3) is 5.91 Å². The minimum atomic E-state index is -1.04. The van der Waals surface area contributed by atoms with E-state index in [0.717, 1.165) is 16.7 Å². The average Bonchev–Trinajstić information content (AvgIpc) is 2.91. The Hall–Kier alpha value is -2.66. The quantitative estimate of drug-likeness (QED) is 0.807. The van der Waals surface area contributed by atoms with Crippen LogP contribution in [0.4, 0.5) is 10.1 Å². The molecular weight excluding hydrogens is 357 g/mol. The van der Waals surface area contributed by atoms with Gasteiger partial charge in [-0.3, -0.25) is 9.69 Å². The van der Waals surface area contributed by atoms with Gasteiger partial charge in [-0.05, 0) is 55.4 Å². The van der Waals surface area contributed by atoms with E-state index in [9.17, 15) is 14.3 Å². The highest BCUT2D eigenvalue weighted by atomic mass is 19.1. The van der Waals surface area contributed by atoms with Crippen molar-refractivity contribution < 1.29 is 19.0 Å². The summed E-state index contributed by atoms with van der Waals surface area (Å²) < 4.78 is 20.0. The zero-order valence-corrected chi connectivity index (χ0v) is 16.1. The molecule has 1 fully saturated rings. The van der Waals surface area contributed by atoms with E-state index in [1.165, 1.54) is 4.90 Å². The number of carbonyl (C=O) groups is 1. The number of aliphatic hydroxyl groups excluding tert-OH is 1. The van der Waals surface area contributed by atoms with Crippen LogP contribution in [0.2, 0.25) is 0 Å². The second kappa shape index (κ2) is 7.06. The van der Waals surface area contributed by atoms with E-state index in [2.05, 4.69) is 0 Å². The highest BCUT2D eigenvalue weighted by Gasteiger charge is 2.55. The number of nitrogens with zero attached hydrogens (tertiary/aromatic N) is 1. The SMILES string of the molecule is COC1CCC2(CC1)C(O)=C(F)C(=O)N2c1cc(-c2ccccc2)ccc1C. The smallest absolute Gasteiger partial charge is 0.291 e. The topological polar surface area (TPSA) is 49.8 Å². The number of benzene rings is 2. The largest absolute Gasteiger partial charge is 0.507 e. The van der Waals surface area contributed by atoms with Crippen LogP contribution in [0.15, 0.2) is 60.1 Å². The molecule has 1 aliphatic heterocycles. The van der Waals surface area contributed by atoms with Gasteiger partial charge in [-0.15, -0.1) is 0 Å². The van der Waals surface area contributed by atoms with E-state index in [1.54, 1.807) is 7.11 Å². The Morgan fingerprint density at radius 1 is 1.11 bits per heavy atom. The molecule has 1 N–H and O–H groups in total. The van der Waals surface area contributed by atoms with Gasteiger partial charge in [0.15, 0.2) is 5.76 Å². The van der Waals surface area contributed by atoms with Crippen LogP contribution in [0.3, 0.4) is 0 Å². The lowest BCUT2D eigenvalue weighted by molar-refractivity contribution is -0.116. The van der Waals surface area contributed by atoms with E-state index in [1.807, 2.05) is 55.5 Å². The van der Waals surface area contributed by atoms with Crippen LogP contribution < -0.4 is 4.90 Å². The lowest BCUT2D eigenvalue weighted by Crippen LogP contribution is -2.52. The number of ether oxygens (including phenoxy) is 1. The highest BCUT2D eigenvalue weighted by molar-refractivity contribution is 6.10. The molecule has 2 aliphatic rings. The molecule has 4 nitrogen and oxygen atoms in total. The number of hydrogen-bond acceptors (Lipinski definition) is 3. The number of halogens is 1. The minimum absolute atomic E-state index is 0.0655. The molecule has 5 heteroatoms. The van der Waals surface area contributed by atoms with Crippen molar-refractivity contribution in [2.24, 2.45) is 0 Å².